The van der Waals surface area contributed by atoms with Crippen molar-refractivity contribution in [2.24, 2.45) is 0 Å². The van der Waals surface area contributed by atoms with Crippen molar-refractivity contribution >= 4 is 17.6 Å². The molecule has 0 aliphatic heterocycles. The van der Waals surface area contributed by atoms with Gasteiger partial charge in [-0.15, -0.1) is 0 Å². The topological polar surface area (TPSA) is 46.5 Å². The molecule has 0 saturated heterocycles. The Hall–Kier alpha value is -1.36. The van der Waals surface area contributed by atoms with Crippen LogP contribution in [-0.2, 0) is 10.7 Å². The third kappa shape index (κ3) is 2.18. The second kappa shape index (κ2) is 4.02. The Balaban J connectivity index is 3.22. The first-order valence-electron chi connectivity index (χ1n) is 3.85. The molecule has 0 bridgehead atoms. The molecule has 0 amide bonds. The van der Waals surface area contributed by atoms with E-state index in [-0.39, 0.29) is 10.8 Å². The van der Waals surface area contributed by atoms with Crippen molar-refractivity contribution in [1.82, 2.24) is 0 Å². The van der Waals surface area contributed by atoms with Gasteiger partial charge in [-0.2, -0.15) is 8.78 Å². The van der Waals surface area contributed by atoms with Crippen LogP contribution in [0.2, 0.25) is 5.02 Å². The zero-order valence-corrected chi connectivity index (χ0v) is 8.39. The molecular formula is C9H7ClF2O3. The second-order valence-electron chi connectivity index (χ2n) is 2.73. The number of hydrogen-bond donors (Lipinski definition) is 1. The highest BCUT2D eigenvalue weighted by Crippen LogP contribution is 2.35. The van der Waals surface area contributed by atoms with Gasteiger partial charge in [0.15, 0.2) is 0 Å². The lowest BCUT2D eigenvalue weighted by molar-refractivity contribution is -0.166. The number of halogens is 3. The molecule has 0 aromatic heterocycles. The molecule has 0 fully saturated rings. The maximum absolute atomic E-state index is 13.1. The smallest absolute Gasteiger partial charge is 0.379 e. The van der Waals surface area contributed by atoms with Crippen LogP contribution in [0.5, 0.6) is 5.75 Å². The normalized spacial score (nSPS) is 11.2. The number of ether oxygens (including phenoxy) is 1. The third-order valence-electron chi connectivity index (χ3n) is 1.78. The van der Waals surface area contributed by atoms with Gasteiger partial charge in [-0.05, 0) is 18.2 Å². The number of hydrogen-bond acceptors (Lipinski definition) is 2. The van der Waals surface area contributed by atoms with Crippen molar-refractivity contribution in [3.8, 4) is 5.75 Å². The molecule has 0 aliphatic rings. The molecule has 0 aliphatic carbocycles. The zero-order chi connectivity index (χ0) is 11.6. The first-order valence-corrected chi connectivity index (χ1v) is 4.22. The number of carbonyl (C=O) groups is 1. The van der Waals surface area contributed by atoms with Crippen LogP contribution >= 0.6 is 11.6 Å². The minimum atomic E-state index is -4.00. The number of carboxylic acid groups (broad SMARTS) is 1. The third-order valence-corrected chi connectivity index (χ3v) is 2.10. The summed E-state index contributed by atoms with van der Waals surface area (Å²) in [6, 6.07) is 3.28. The molecule has 0 radical (unpaired) electrons. The number of methoxy groups -OCH3 is 1. The molecule has 0 unspecified atom stereocenters. The van der Waals surface area contributed by atoms with Gasteiger partial charge < -0.3 is 9.84 Å². The number of aliphatic carboxylic acids is 1. The van der Waals surface area contributed by atoms with Crippen LogP contribution in [0, 0.1) is 0 Å². The molecule has 0 saturated carbocycles. The van der Waals surface area contributed by atoms with Crippen LogP contribution in [0.1, 0.15) is 5.56 Å². The molecule has 1 aromatic rings. The Labute approximate surface area is 89.2 Å². The van der Waals surface area contributed by atoms with E-state index in [9.17, 15) is 13.6 Å². The van der Waals surface area contributed by atoms with E-state index in [0.29, 0.717) is 0 Å². The summed E-state index contributed by atoms with van der Waals surface area (Å²) in [4.78, 5) is 10.3. The quantitative estimate of drug-likeness (QED) is 0.877. The first kappa shape index (κ1) is 11.7. The average Bonchev–Trinajstić information content (AvgIpc) is 2.16. The first-order chi connectivity index (χ1) is 6.89. The molecule has 0 atom stereocenters. The average molecular weight is 237 g/mol. The van der Waals surface area contributed by atoms with Crippen molar-refractivity contribution in [3.63, 3.8) is 0 Å². The fourth-order valence-electron chi connectivity index (χ4n) is 0.993. The summed E-state index contributed by atoms with van der Waals surface area (Å²) < 4.78 is 30.8. The largest absolute Gasteiger partial charge is 0.497 e. The molecule has 1 rings (SSSR count). The Morgan fingerprint density at radius 1 is 1.53 bits per heavy atom. The maximum atomic E-state index is 13.1. The number of carboxylic acids is 1. The lowest BCUT2D eigenvalue weighted by Crippen LogP contribution is -2.25. The van der Waals surface area contributed by atoms with Gasteiger partial charge in [0.1, 0.15) is 5.75 Å². The number of benzene rings is 1. The van der Waals surface area contributed by atoms with Crippen molar-refractivity contribution in [1.29, 1.82) is 0 Å². The molecule has 1 aromatic carbocycles. The molecule has 3 nitrogen and oxygen atoms in total. The summed E-state index contributed by atoms with van der Waals surface area (Å²) in [6.07, 6.45) is 0. The SMILES string of the molecule is COc1ccc(C(F)(F)C(=O)O)c(Cl)c1. The Morgan fingerprint density at radius 2 is 2.13 bits per heavy atom. The van der Waals surface area contributed by atoms with Crippen molar-refractivity contribution < 1.29 is 23.4 Å². The van der Waals surface area contributed by atoms with Gasteiger partial charge in [-0.3, -0.25) is 0 Å². The van der Waals surface area contributed by atoms with Crippen LogP contribution < -0.4 is 4.74 Å². The van der Waals surface area contributed by atoms with Gasteiger partial charge in [-0.25, -0.2) is 4.79 Å². The van der Waals surface area contributed by atoms with Crippen molar-refractivity contribution in [3.05, 3.63) is 28.8 Å². The van der Waals surface area contributed by atoms with E-state index >= 15 is 0 Å². The molecular weight excluding hydrogens is 230 g/mol. The summed E-state index contributed by atoms with van der Waals surface area (Å²) >= 11 is 5.51. The predicted molar refractivity (Wildman–Crippen MR) is 49.5 cm³/mol. The molecule has 82 valence electrons. The second-order valence-corrected chi connectivity index (χ2v) is 3.13. The van der Waals surface area contributed by atoms with Crippen molar-refractivity contribution in [2.75, 3.05) is 7.11 Å². The number of rotatable bonds is 3. The summed E-state index contributed by atoms with van der Waals surface area (Å²) in [5, 5.41) is 7.96. The van der Waals surface area contributed by atoms with E-state index < -0.39 is 17.5 Å². The van der Waals surface area contributed by atoms with Gasteiger partial charge in [0.05, 0.1) is 17.7 Å². The minimum Gasteiger partial charge on any atom is -0.497 e. The highest BCUT2D eigenvalue weighted by Gasteiger charge is 2.42. The van der Waals surface area contributed by atoms with Crippen LogP contribution in [-0.4, -0.2) is 18.2 Å². The van der Waals surface area contributed by atoms with E-state index in [0.717, 1.165) is 12.1 Å². The van der Waals surface area contributed by atoms with E-state index in [4.69, 9.17) is 21.4 Å². The predicted octanol–water partition coefficient (Wildman–Crippen LogP) is 2.53. The van der Waals surface area contributed by atoms with E-state index in [1.807, 2.05) is 0 Å². The van der Waals surface area contributed by atoms with Crippen LogP contribution in [0.3, 0.4) is 0 Å². The van der Waals surface area contributed by atoms with Crippen LogP contribution in [0.15, 0.2) is 18.2 Å². The van der Waals surface area contributed by atoms with E-state index in [1.165, 1.54) is 13.2 Å². The highest BCUT2D eigenvalue weighted by molar-refractivity contribution is 6.31. The molecule has 1 N–H and O–H groups in total. The Morgan fingerprint density at radius 3 is 2.53 bits per heavy atom. The van der Waals surface area contributed by atoms with Gasteiger partial charge in [0.25, 0.3) is 0 Å². The maximum Gasteiger partial charge on any atom is 0.379 e. The summed E-state index contributed by atoms with van der Waals surface area (Å²) in [5.41, 5.74) is -0.752. The lowest BCUT2D eigenvalue weighted by Gasteiger charge is -2.13. The fraction of sp³-hybridized carbons (Fsp3) is 0.222. The monoisotopic (exact) mass is 236 g/mol. The highest BCUT2D eigenvalue weighted by atomic mass is 35.5. The Bertz CT molecular complexity index is 393. The Kier molecular flexibility index (Phi) is 3.14. The lowest BCUT2D eigenvalue weighted by atomic mass is 10.1. The summed E-state index contributed by atoms with van der Waals surface area (Å²) in [6.45, 7) is 0. The van der Waals surface area contributed by atoms with Gasteiger partial charge in [0, 0.05) is 0 Å². The zero-order valence-electron chi connectivity index (χ0n) is 7.63. The number of alkyl halides is 2. The molecule has 0 spiro atoms. The molecule has 0 heterocycles. The van der Waals surface area contributed by atoms with Gasteiger partial charge in [-0.1, -0.05) is 11.6 Å². The molecule has 15 heavy (non-hydrogen) atoms. The van der Waals surface area contributed by atoms with Gasteiger partial charge in [0.2, 0.25) is 0 Å². The summed E-state index contributed by atoms with van der Waals surface area (Å²) in [5.74, 6) is -5.96. The van der Waals surface area contributed by atoms with E-state index in [2.05, 4.69) is 0 Å². The van der Waals surface area contributed by atoms with Crippen LogP contribution in [0.25, 0.3) is 0 Å². The molecule has 6 heteroatoms. The summed E-state index contributed by atoms with van der Waals surface area (Å²) in [7, 11) is 1.35. The van der Waals surface area contributed by atoms with Gasteiger partial charge >= 0.3 is 11.9 Å². The minimum absolute atomic E-state index is 0.282. The van der Waals surface area contributed by atoms with Crippen LogP contribution in [0.4, 0.5) is 8.78 Å². The standard InChI is InChI=1S/C9H7ClF2O3/c1-15-5-2-3-6(7(10)4-5)9(11,12)8(13)14/h2-4H,1H3,(H,13,14). The fourth-order valence-corrected chi connectivity index (χ4v) is 1.28. The van der Waals surface area contributed by atoms with Crippen molar-refractivity contribution in [2.45, 2.75) is 5.92 Å². The van der Waals surface area contributed by atoms with E-state index in [1.54, 1.807) is 0 Å².